The molecule has 0 saturated carbocycles. The van der Waals surface area contributed by atoms with Crippen molar-refractivity contribution in [2.75, 3.05) is 11.3 Å². The Balaban J connectivity index is 2.55. The Bertz CT molecular complexity index is 862. The predicted octanol–water partition coefficient (Wildman–Crippen LogP) is 3.26. The number of nitrogens with one attached hydrogen (secondary N) is 1. The third-order valence-corrected chi connectivity index (χ3v) is 4.67. The van der Waals surface area contributed by atoms with Crippen LogP contribution in [0.25, 0.3) is 0 Å². The first-order valence-corrected chi connectivity index (χ1v) is 8.67. The minimum Gasteiger partial charge on any atom is -0.463 e. The number of esters is 1. The first kappa shape index (κ1) is 13.8. The van der Waals surface area contributed by atoms with E-state index in [4.69, 9.17) is 20.5 Å². The molecule has 1 unspecified atom stereocenters. The van der Waals surface area contributed by atoms with Gasteiger partial charge in [-0.2, -0.15) is 0 Å². The molecule has 1 aromatic rings. The molecule has 8 heteroatoms. The lowest BCUT2D eigenvalue weighted by Crippen LogP contribution is -2.34. The summed E-state index contributed by atoms with van der Waals surface area (Å²) >= 11 is 5.81. The van der Waals surface area contributed by atoms with E-state index in [0.717, 1.165) is 18.2 Å². The van der Waals surface area contributed by atoms with Crippen molar-refractivity contribution in [2.24, 2.45) is 0 Å². The van der Waals surface area contributed by atoms with E-state index in [-0.39, 0.29) is 30.2 Å². The van der Waals surface area contributed by atoms with Gasteiger partial charge in [-0.15, -0.1) is 0 Å². The molecule has 0 bridgehead atoms. The van der Waals surface area contributed by atoms with Crippen molar-refractivity contribution in [1.82, 2.24) is 0 Å². The summed E-state index contributed by atoms with van der Waals surface area (Å²) in [5.41, 5.74) is -0.842. The molecule has 0 fully saturated rings. The number of hydrogen-bond acceptors (Lipinski definition) is 4. The van der Waals surface area contributed by atoms with E-state index >= 15 is 0 Å². The Morgan fingerprint density at radius 2 is 2.35 bits per heavy atom. The quantitative estimate of drug-likeness (QED) is 0.814. The van der Waals surface area contributed by atoms with Gasteiger partial charge in [-0.1, -0.05) is 17.7 Å². The smallest absolute Gasteiger partial charge is 0.335 e. The van der Waals surface area contributed by atoms with Gasteiger partial charge in [0.1, 0.15) is 11.0 Å². The fourth-order valence-corrected chi connectivity index (χ4v) is 3.57. The molecule has 0 saturated heterocycles. The van der Waals surface area contributed by atoms with E-state index in [1.807, 2.05) is 4.72 Å². The molecule has 0 aromatic heterocycles. The zero-order valence-corrected chi connectivity index (χ0v) is 13.8. The molecule has 1 atom stereocenters. The SMILES string of the molecule is [2H]C1([2H])CCC=C(C(=O)OCC)C1([2H])S(=O)(=O)Nc1ccc(F)cc1Cl. The van der Waals surface area contributed by atoms with Crippen LogP contribution < -0.4 is 4.72 Å². The van der Waals surface area contributed by atoms with Gasteiger partial charge in [-0.3, -0.25) is 4.72 Å². The average molecular weight is 365 g/mol. The van der Waals surface area contributed by atoms with Crippen molar-refractivity contribution in [3.8, 4) is 0 Å². The van der Waals surface area contributed by atoms with E-state index in [0.29, 0.717) is 0 Å². The molecule has 126 valence electrons. The summed E-state index contributed by atoms with van der Waals surface area (Å²) in [7, 11) is -4.83. The topological polar surface area (TPSA) is 72.5 Å². The number of halogens is 2. The molecule has 1 aliphatic rings. The standard InChI is InChI=1S/C15H17ClFNO4S/c1-2-22-15(19)11-5-3-4-6-14(11)23(20,21)18-13-8-7-10(17)9-12(13)16/h5,7-9,14,18H,2-4,6H2,1H3/i6D2,14D. The fraction of sp³-hybridized carbons (Fsp3) is 0.400. The van der Waals surface area contributed by atoms with Crippen LogP contribution >= 0.6 is 11.6 Å². The highest BCUT2D eigenvalue weighted by molar-refractivity contribution is 7.93. The van der Waals surface area contributed by atoms with E-state index in [1.165, 1.54) is 13.0 Å². The van der Waals surface area contributed by atoms with Gasteiger partial charge in [0, 0.05) is 2.74 Å². The molecular weight excluding hydrogens is 345 g/mol. The average Bonchev–Trinajstić information content (AvgIpc) is 2.52. The molecule has 1 N–H and O–H groups in total. The minimum absolute atomic E-state index is 0.0630. The molecule has 0 spiro atoms. The highest BCUT2D eigenvalue weighted by Gasteiger charge is 2.35. The Kier molecular flexibility index (Phi) is 4.39. The number of ether oxygens (including phenoxy) is 1. The summed E-state index contributed by atoms with van der Waals surface area (Å²) in [6.45, 7) is 1.44. The summed E-state index contributed by atoms with van der Waals surface area (Å²) in [6, 6.07) is 2.87. The number of carbonyl (C=O) groups is 1. The molecule has 23 heavy (non-hydrogen) atoms. The lowest BCUT2D eigenvalue weighted by atomic mass is 9.99. The maximum absolute atomic E-state index is 13.2. The van der Waals surface area contributed by atoms with Gasteiger partial charge < -0.3 is 4.74 Å². The van der Waals surface area contributed by atoms with Gasteiger partial charge in [0.05, 0.1) is 24.3 Å². The number of allylic oxidation sites excluding steroid dienone is 1. The fourth-order valence-electron chi connectivity index (χ4n) is 1.98. The summed E-state index contributed by atoms with van der Waals surface area (Å²) in [5, 5.41) is -3.24. The molecule has 0 heterocycles. The monoisotopic (exact) mass is 364 g/mol. The summed E-state index contributed by atoms with van der Waals surface area (Å²) < 4.78 is 70.3. The highest BCUT2D eigenvalue weighted by atomic mass is 35.5. The van der Waals surface area contributed by atoms with Crippen LogP contribution in [0.5, 0.6) is 0 Å². The van der Waals surface area contributed by atoms with E-state index in [2.05, 4.69) is 0 Å². The van der Waals surface area contributed by atoms with E-state index in [9.17, 15) is 17.6 Å². The number of sulfonamides is 1. The van der Waals surface area contributed by atoms with Gasteiger partial charge in [0.25, 0.3) is 0 Å². The second-order valence-corrected chi connectivity index (χ2v) is 6.64. The van der Waals surface area contributed by atoms with Crippen LogP contribution in [0.3, 0.4) is 0 Å². The Morgan fingerprint density at radius 1 is 1.61 bits per heavy atom. The van der Waals surface area contributed by atoms with Crippen molar-refractivity contribution in [1.29, 1.82) is 0 Å². The Morgan fingerprint density at radius 3 is 3.00 bits per heavy atom. The molecule has 0 amide bonds. The van der Waals surface area contributed by atoms with Crippen molar-refractivity contribution < 1.29 is 26.5 Å². The summed E-state index contributed by atoms with van der Waals surface area (Å²) in [6.07, 6.45) is -1.59. The van der Waals surface area contributed by atoms with E-state index in [1.54, 1.807) is 0 Å². The highest BCUT2D eigenvalue weighted by Crippen LogP contribution is 2.30. The number of anilines is 1. The maximum atomic E-state index is 13.2. The molecule has 0 radical (unpaired) electrons. The van der Waals surface area contributed by atoms with Crippen LogP contribution in [0.2, 0.25) is 5.02 Å². The Hall–Kier alpha value is -1.60. The lowest BCUT2D eigenvalue weighted by Gasteiger charge is -2.24. The molecule has 2 rings (SSSR count). The van der Waals surface area contributed by atoms with Crippen molar-refractivity contribution in [3.63, 3.8) is 0 Å². The number of hydrogen-bond donors (Lipinski definition) is 1. The molecule has 0 aliphatic heterocycles. The number of carbonyl (C=O) groups excluding carboxylic acids is 1. The third-order valence-electron chi connectivity index (χ3n) is 2.96. The van der Waals surface area contributed by atoms with Gasteiger partial charge in [0.15, 0.2) is 0 Å². The van der Waals surface area contributed by atoms with Crippen LogP contribution in [0, 0.1) is 5.82 Å². The molecule has 1 aliphatic carbocycles. The second kappa shape index (κ2) is 7.31. The van der Waals surface area contributed by atoms with Crippen molar-refractivity contribution in [2.45, 2.75) is 31.4 Å². The van der Waals surface area contributed by atoms with Crippen molar-refractivity contribution >= 4 is 33.3 Å². The van der Waals surface area contributed by atoms with Crippen LogP contribution in [-0.4, -0.2) is 26.2 Å². The summed E-state index contributed by atoms with van der Waals surface area (Å²) in [4.78, 5) is 12.2. The molecular formula is C15H17ClFNO4S. The van der Waals surface area contributed by atoms with Crippen LogP contribution in [0.1, 0.15) is 30.3 Å². The normalized spacial score (nSPS) is 25.5. The first-order chi connectivity index (χ1) is 12.0. The van der Waals surface area contributed by atoms with Gasteiger partial charge in [-0.05, 0) is 44.3 Å². The largest absolute Gasteiger partial charge is 0.463 e. The Labute approximate surface area is 143 Å². The lowest BCUT2D eigenvalue weighted by molar-refractivity contribution is -0.138. The maximum Gasteiger partial charge on any atom is 0.335 e. The number of rotatable bonds is 5. The second-order valence-electron chi connectivity index (χ2n) is 4.61. The predicted molar refractivity (Wildman–Crippen MR) is 86.3 cm³/mol. The van der Waals surface area contributed by atoms with Crippen LogP contribution in [-0.2, 0) is 19.6 Å². The first-order valence-electron chi connectivity index (χ1n) is 8.31. The minimum atomic E-state index is -4.83. The van der Waals surface area contributed by atoms with Gasteiger partial charge >= 0.3 is 5.97 Å². The van der Waals surface area contributed by atoms with Crippen LogP contribution in [0.4, 0.5) is 10.1 Å². The molecule has 5 nitrogen and oxygen atoms in total. The van der Waals surface area contributed by atoms with E-state index < -0.39 is 39.0 Å². The third kappa shape index (κ3) is 4.23. The van der Waals surface area contributed by atoms with Gasteiger partial charge in [-0.25, -0.2) is 17.6 Å². The zero-order chi connectivity index (χ0) is 19.8. The summed E-state index contributed by atoms with van der Waals surface area (Å²) in [5.74, 6) is -1.78. The van der Waals surface area contributed by atoms with Gasteiger partial charge in [0.2, 0.25) is 10.0 Å². The number of benzene rings is 1. The molecule has 1 aromatic carbocycles. The van der Waals surface area contributed by atoms with Crippen LogP contribution in [0.15, 0.2) is 29.8 Å². The van der Waals surface area contributed by atoms with Crippen molar-refractivity contribution in [3.05, 3.63) is 40.7 Å². The zero-order valence-electron chi connectivity index (χ0n) is 15.2.